The van der Waals surface area contributed by atoms with Crippen LogP contribution in [-0.2, 0) is 0 Å². The fourth-order valence-corrected chi connectivity index (χ4v) is 1.18. The van der Waals surface area contributed by atoms with Gasteiger partial charge in [0.05, 0.1) is 6.61 Å². The number of nitrogens with one attached hydrogen (secondary N) is 1. The summed E-state index contributed by atoms with van der Waals surface area (Å²) in [6, 6.07) is 1.66. The molecule has 1 unspecified atom stereocenters. The van der Waals surface area contributed by atoms with Crippen LogP contribution in [0, 0.1) is 6.92 Å². The summed E-state index contributed by atoms with van der Waals surface area (Å²) < 4.78 is 29.5. The Kier molecular flexibility index (Phi) is 5.70. The van der Waals surface area contributed by atoms with Gasteiger partial charge in [0.25, 0.3) is 6.43 Å². The fourth-order valence-electron chi connectivity index (χ4n) is 1.18. The minimum absolute atomic E-state index is 0.167. The Morgan fingerprint density at radius 1 is 1.44 bits per heavy atom. The third-order valence-corrected chi connectivity index (χ3v) is 2.04. The predicted octanol–water partition coefficient (Wildman–Crippen LogP) is 1.61. The molecule has 0 aliphatic carbocycles. The number of aliphatic hydroxyl groups excluding tert-OH is 1. The van der Waals surface area contributed by atoms with E-state index in [0.717, 1.165) is 6.42 Å². The van der Waals surface area contributed by atoms with Crippen LogP contribution in [-0.4, -0.2) is 40.8 Å². The monoisotopic (exact) mass is 261 g/mol. The average molecular weight is 261 g/mol. The van der Waals surface area contributed by atoms with E-state index in [9.17, 15) is 8.78 Å². The van der Waals surface area contributed by atoms with E-state index in [1.165, 1.54) is 0 Å². The van der Waals surface area contributed by atoms with Gasteiger partial charge in [-0.15, -0.1) is 0 Å². The number of nitrogens with zero attached hydrogens (tertiary/aromatic N) is 2. The summed E-state index contributed by atoms with van der Waals surface area (Å²) in [6.45, 7) is 3.92. The van der Waals surface area contributed by atoms with E-state index >= 15 is 0 Å². The minimum atomic E-state index is -2.79. The van der Waals surface area contributed by atoms with Gasteiger partial charge in [-0.1, -0.05) is 6.92 Å². The Bertz CT molecular complexity index is 377. The number of aliphatic hydroxyl groups is 1. The van der Waals surface area contributed by atoms with Crippen LogP contribution in [0.2, 0.25) is 0 Å². The lowest BCUT2D eigenvalue weighted by atomic mass is 10.4. The fraction of sp³-hybridized carbons (Fsp3) is 0.636. The second-order valence-electron chi connectivity index (χ2n) is 3.80. The first-order chi connectivity index (χ1) is 8.52. The minimum Gasteiger partial charge on any atom is -0.478 e. The lowest BCUT2D eigenvalue weighted by Crippen LogP contribution is -2.27. The van der Waals surface area contributed by atoms with Gasteiger partial charge in [0.1, 0.15) is 6.10 Å². The van der Waals surface area contributed by atoms with E-state index in [2.05, 4.69) is 15.3 Å². The molecule has 1 aromatic heterocycles. The Hall–Kier alpha value is -1.50. The Labute approximate surface area is 104 Å². The molecular formula is C11H17F2N3O2. The molecule has 0 radical (unpaired) electrons. The number of rotatable bonds is 7. The molecule has 0 amide bonds. The summed E-state index contributed by atoms with van der Waals surface area (Å²) in [5.74, 6) is 0.555. The van der Waals surface area contributed by atoms with E-state index in [0.29, 0.717) is 18.2 Å². The van der Waals surface area contributed by atoms with Crippen LogP contribution in [0.4, 0.5) is 14.7 Å². The molecule has 0 bridgehead atoms. The maximum absolute atomic E-state index is 12.1. The molecule has 18 heavy (non-hydrogen) atoms. The van der Waals surface area contributed by atoms with Crippen molar-refractivity contribution in [2.24, 2.45) is 0 Å². The number of hydrogen-bond acceptors (Lipinski definition) is 5. The van der Waals surface area contributed by atoms with Crippen molar-refractivity contribution in [2.45, 2.75) is 32.8 Å². The Morgan fingerprint density at radius 2 is 2.17 bits per heavy atom. The van der Waals surface area contributed by atoms with Crippen LogP contribution in [0.1, 0.15) is 19.0 Å². The molecular weight excluding hydrogens is 244 g/mol. The van der Waals surface area contributed by atoms with Crippen LogP contribution < -0.4 is 10.1 Å². The van der Waals surface area contributed by atoms with Gasteiger partial charge < -0.3 is 15.2 Å². The second kappa shape index (κ2) is 7.05. The molecule has 1 heterocycles. The van der Waals surface area contributed by atoms with Crippen molar-refractivity contribution < 1.29 is 18.6 Å². The molecule has 0 saturated heterocycles. The highest BCUT2D eigenvalue weighted by atomic mass is 19.3. The highest BCUT2D eigenvalue weighted by Gasteiger charge is 2.16. The molecule has 7 heteroatoms. The lowest BCUT2D eigenvalue weighted by Gasteiger charge is -2.12. The first kappa shape index (κ1) is 14.6. The van der Waals surface area contributed by atoms with Crippen LogP contribution in [0.5, 0.6) is 5.88 Å². The molecule has 1 aromatic rings. The van der Waals surface area contributed by atoms with Crippen molar-refractivity contribution >= 4 is 5.95 Å². The molecule has 0 aliphatic rings. The maximum Gasteiger partial charge on any atom is 0.265 e. The van der Waals surface area contributed by atoms with Crippen LogP contribution in [0.3, 0.4) is 0 Å². The number of aryl methyl sites for hydroxylation is 1. The highest BCUT2D eigenvalue weighted by Crippen LogP contribution is 2.12. The van der Waals surface area contributed by atoms with E-state index < -0.39 is 12.5 Å². The predicted molar refractivity (Wildman–Crippen MR) is 63.1 cm³/mol. The molecule has 0 aliphatic heterocycles. The van der Waals surface area contributed by atoms with Crippen LogP contribution >= 0.6 is 0 Å². The molecule has 1 rings (SSSR count). The van der Waals surface area contributed by atoms with Crippen molar-refractivity contribution in [3.05, 3.63) is 11.8 Å². The number of anilines is 1. The van der Waals surface area contributed by atoms with E-state index in [1.807, 2.05) is 6.92 Å². The smallest absolute Gasteiger partial charge is 0.265 e. The van der Waals surface area contributed by atoms with Gasteiger partial charge in [-0.2, -0.15) is 4.98 Å². The summed E-state index contributed by atoms with van der Waals surface area (Å²) in [7, 11) is 0. The molecule has 2 N–H and O–H groups in total. The zero-order valence-corrected chi connectivity index (χ0v) is 10.4. The van der Waals surface area contributed by atoms with Gasteiger partial charge in [-0.3, -0.25) is 0 Å². The molecule has 0 fully saturated rings. The van der Waals surface area contributed by atoms with Crippen molar-refractivity contribution in [1.82, 2.24) is 9.97 Å². The largest absolute Gasteiger partial charge is 0.478 e. The van der Waals surface area contributed by atoms with Gasteiger partial charge in [0, 0.05) is 18.3 Å². The van der Waals surface area contributed by atoms with Crippen molar-refractivity contribution in [3.63, 3.8) is 0 Å². The number of aromatic nitrogens is 2. The van der Waals surface area contributed by atoms with Gasteiger partial charge in [0.15, 0.2) is 0 Å². The third kappa shape index (κ3) is 4.79. The highest BCUT2D eigenvalue weighted by molar-refractivity contribution is 5.30. The van der Waals surface area contributed by atoms with Crippen LogP contribution in [0.25, 0.3) is 0 Å². The van der Waals surface area contributed by atoms with E-state index in [1.54, 1.807) is 13.0 Å². The summed E-state index contributed by atoms with van der Waals surface area (Å²) in [5.41, 5.74) is 0.658. The summed E-state index contributed by atoms with van der Waals surface area (Å²) in [6.07, 6.45) is -3.69. The molecule has 0 saturated carbocycles. The maximum atomic E-state index is 12.1. The molecule has 0 spiro atoms. The second-order valence-corrected chi connectivity index (χ2v) is 3.80. The quantitative estimate of drug-likeness (QED) is 0.780. The number of halogens is 2. The van der Waals surface area contributed by atoms with Crippen molar-refractivity contribution in [2.75, 3.05) is 18.5 Å². The Morgan fingerprint density at radius 3 is 2.78 bits per heavy atom. The molecule has 1 atom stereocenters. The van der Waals surface area contributed by atoms with Gasteiger partial charge in [-0.25, -0.2) is 13.8 Å². The van der Waals surface area contributed by atoms with Gasteiger partial charge >= 0.3 is 0 Å². The van der Waals surface area contributed by atoms with E-state index in [4.69, 9.17) is 9.84 Å². The third-order valence-electron chi connectivity index (χ3n) is 2.04. The number of alkyl halides is 2. The molecule has 0 aromatic carbocycles. The molecule has 5 nitrogen and oxygen atoms in total. The Balaban J connectivity index is 2.62. The van der Waals surface area contributed by atoms with Crippen molar-refractivity contribution in [1.29, 1.82) is 0 Å². The SMILES string of the molecule is CCCOc1cc(C)nc(NCC(O)C(F)F)n1. The zero-order valence-electron chi connectivity index (χ0n) is 10.4. The molecule has 102 valence electrons. The zero-order chi connectivity index (χ0) is 13.5. The normalized spacial score (nSPS) is 12.6. The number of hydrogen-bond donors (Lipinski definition) is 2. The standard InChI is InChI=1S/C11H17F2N3O2/c1-3-4-18-9-5-7(2)15-11(16-9)14-6-8(17)10(12)13/h5,8,10,17H,3-4,6H2,1-2H3,(H,14,15,16). The summed E-state index contributed by atoms with van der Waals surface area (Å²) in [5, 5.41) is 11.5. The lowest BCUT2D eigenvalue weighted by molar-refractivity contribution is 0.00376. The van der Waals surface area contributed by atoms with Crippen LogP contribution in [0.15, 0.2) is 6.07 Å². The summed E-state index contributed by atoms with van der Waals surface area (Å²) >= 11 is 0. The first-order valence-corrected chi connectivity index (χ1v) is 5.71. The first-order valence-electron chi connectivity index (χ1n) is 5.71. The van der Waals surface area contributed by atoms with Gasteiger partial charge in [-0.05, 0) is 13.3 Å². The van der Waals surface area contributed by atoms with E-state index in [-0.39, 0.29) is 12.5 Å². The average Bonchev–Trinajstić information content (AvgIpc) is 2.32. The van der Waals surface area contributed by atoms with Gasteiger partial charge in [0.2, 0.25) is 11.8 Å². The number of ether oxygens (including phenoxy) is 1. The summed E-state index contributed by atoms with van der Waals surface area (Å²) in [4.78, 5) is 8.02. The topological polar surface area (TPSA) is 67.3 Å². The van der Waals surface area contributed by atoms with Crippen molar-refractivity contribution in [3.8, 4) is 5.88 Å².